The third kappa shape index (κ3) is 4.31. The van der Waals surface area contributed by atoms with E-state index >= 15 is 0 Å². The van der Waals surface area contributed by atoms with Gasteiger partial charge in [0, 0.05) is 23.7 Å². The zero-order valence-electron chi connectivity index (χ0n) is 17.2. The van der Waals surface area contributed by atoms with E-state index in [1.807, 2.05) is 24.0 Å². The van der Waals surface area contributed by atoms with Crippen LogP contribution in [0.25, 0.3) is 11.4 Å². The molecule has 2 saturated heterocycles. The highest BCUT2D eigenvalue weighted by Crippen LogP contribution is 2.40. The monoisotopic (exact) mass is 416 g/mol. The lowest BCUT2D eigenvalue weighted by Crippen LogP contribution is -2.52. The molecule has 3 heterocycles. The molecule has 0 bridgehead atoms. The van der Waals surface area contributed by atoms with Crippen molar-refractivity contribution in [3.63, 3.8) is 0 Å². The van der Waals surface area contributed by atoms with E-state index in [1.54, 1.807) is 12.1 Å². The highest BCUT2D eigenvalue weighted by molar-refractivity contribution is 6.30. The normalized spacial score (nSPS) is 20.7. The summed E-state index contributed by atoms with van der Waals surface area (Å²) in [6.45, 7) is 5.92. The SMILES string of the molecule is CCC(C(=O)N1CCCC2(CCN(C)CC2)C1)n1nnc(-c2ccc(Cl)cc2)n1. The number of piperidine rings is 2. The Morgan fingerprint density at radius 1 is 1.17 bits per heavy atom. The summed E-state index contributed by atoms with van der Waals surface area (Å²) >= 11 is 5.96. The maximum atomic E-state index is 13.4. The fourth-order valence-corrected chi connectivity index (χ4v) is 4.74. The van der Waals surface area contributed by atoms with E-state index in [0.29, 0.717) is 17.3 Å². The molecule has 0 saturated carbocycles. The second kappa shape index (κ2) is 8.40. The molecule has 7 nitrogen and oxygen atoms in total. The van der Waals surface area contributed by atoms with Gasteiger partial charge in [0.05, 0.1) is 0 Å². The van der Waals surface area contributed by atoms with Gasteiger partial charge >= 0.3 is 0 Å². The molecule has 2 fully saturated rings. The van der Waals surface area contributed by atoms with Gasteiger partial charge in [-0.2, -0.15) is 4.80 Å². The fourth-order valence-electron chi connectivity index (χ4n) is 4.62. The highest BCUT2D eigenvalue weighted by atomic mass is 35.5. The zero-order valence-corrected chi connectivity index (χ0v) is 18.0. The van der Waals surface area contributed by atoms with Gasteiger partial charge in [-0.05, 0) is 87.1 Å². The van der Waals surface area contributed by atoms with Crippen LogP contribution in [0.3, 0.4) is 0 Å². The Morgan fingerprint density at radius 2 is 1.90 bits per heavy atom. The van der Waals surface area contributed by atoms with E-state index in [-0.39, 0.29) is 11.3 Å². The molecule has 2 aromatic rings. The van der Waals surface area contributed by atoms with Gasteiger partial charge in [0.15, 0.2) is 6.04 Å². The van der Waals surface area contributed by atoms with Gasteiger partial charge in [-0.25, -0.2) is 0 Å². The van der Waals surface area contributed by atoms with Crippen molar-refractivity contribution in [3.05, 3.63) is 29.3 Å². The maximum Gasteiger partial charge on any atom is 0.249 e. The van der Waals surface area contributed by atoms with Crippen LogP contribution >= 0.6 is 11.6 Å². The summed E-state index contributed by atoms with van der Waals surface area (Å²) in [7, 11) is 2.18. The van der Waals surface area contributed by atoms with Crippen LogP contribution in [0.5, 0.6) is 0 Å². The highest BCUT2D eigenvalue weighted by Gasteiger charge is 2.40. The number of rotatable bonds is 4. The van der Waals surface area contributed by atoms with Crippen LogP contribution in [0.1, 0.15) is 45.1 Å². The Kier molecular flexibility index (Phi) is 5.88. The lowest BCUT2D eigenvalue weighted by molar-refractivity contribution is -0.140. The predicted molar refractivity (Wildman–Crippen MR) is 113 cm³/mol. The van der Waals surface area contributed by atoms with Crippen LogP contribution in [0, 0.1) is 5.41 Å². The summed E-state index contributed by atoms with van der Waals surface area (Å²) < 4.78 is 0. The first-order chi connectivity index (χ1) is 14.0. The van der Waals surface area contributed by atoms with E-state index in [0.717, 1.165) is 38.2 Å². The number of benzene rings is 1. The standard InChI is InChI=1S/C21H29ClN6O/c1-3-18(28-24-19(23-25-28)16-5-7-17(22)8-6-16)20(29)27-12-4-9-21(15-27)10-13-26(2)14-11-21/h5-8,18H,3-4,9-15H2,1-2H3. The smallest absolute Gasteiger partial charge is 0.249 e. The number of aromatic nitrogens is 4. The van der Waals surface area contributed by atoms with E-state index in [2.05, 4.69) is 27.4 Å². The summed E-state index contributed by atoms with van der Waals surface area (Å²) in [5, 5.41) is 13.5. The van der Waals surface area contributed by atoms with Crippen molar-refractivity contribution in [1.29, 1.82) is 0 Å². The molecule has 1 atom stereocenters. The van der Waals surface area contributed by atoms with E-state index in [4.69, 9.17) is 11.6 Å². The summed E-state index contributed by atoms with van der Waals surface area (Å²) in [5.74, 6) is 0.629. The number of amides is 1. The molecule has 156 valence electrons. The minimum Gasteiger partial charge on any atom is -0.340 e. The lowest BCUT2D eigenvalue weighted by atomic mass is 9.72. The number of likely N-dealkylation sites (tertiary alicyclic amines) is 2. The molecule has 0 aliphatic carbocycles. The second-order valence-corrected chi connectivity index (χ2v) is 8.97. The third-order valence-corrected chi connectivity index (χ3v) is 6.75. The summed E-state index contributed by atoms with van der Waals surface area (Å²) in [6.07, 6.45) is 5.29. The quantitative estimate of drug-likeness (QED) is 0.765. The first-order valence-corrected chi connectivity index (χ1v) is 10.9. The van der Waals surface area contributed by atoms with Crippen molar-refractivity contribution in [2.45, 2.75) is 45.1 Å². The second-order valence-electron chi connectivity index (χ2n) is 8.53. The van der Waals surface area contributed by atoms with Gasteiger partial charge in [-0.15, -0.1) is 10.2 Å². The Hall–Kier alpha value is -1.99. The van der Waals surface area contributed by atoms with Gasteiger partial charge in [0.1, 0.15) is 0 Å². The van der Waals surface area contributed by atoms with Crippen molar-refractivity contribution >= 4 is 17.5 Å². The summed E-state index contributed by atoms with van der Waals surface area (Å²) in [6, 6.07) is 6.91. The molecule has 0 N–H and O–H groups in total. The minimum atomic E-state index is -0.412. The van der Waals surface area contributed by atoms with Crippen molar-refractivity contribution in [3.8, 4) is 11.4 Å². The van der Waals surface area contributed by atoms with E-state index in [1.165, 1.54) is 24.1 Å². The zero-order chi connectivity index (χ0) is 20.4. The van der Waals surface area contributed by atoms with Crippen molar-refractivity contribution in [2.24, 2.45) is 5.41 Å². The molecule has 1 spiro atoms. The fraction of sp³-hybridized carbons (Fsp3) is 0.619. The largest absolute Gasteiger partial charge is 0.340 e. The number of carbonyl (C=O) groups excluding carboxylic acids is 1. The molecule has 2 aliphatic heterocycles. The molecular weight excluding hydrogens is 388 g/mol. The van der Waals surface area contributed by atoms with E-state index < -0.39 is 6.04 Å². The first-order valence-electron chi connectivity index (χ1n) is 10.5. The van der Waals surface area contributed by atoms with Gasteiger partial charge < -0.3 is 9.80 Å². The van der Waals surface area contributed by atoms with Crippen LogP contribution in [-0.4, -0.2) is 69.1 Å². The molecule has 1 unspecified atom stereocenters. The molecule has 2 aliphatic rings. The van der Waals surface area contributed by atoms with Gasteiger partial charge in [0.2, 0.25) is 11.7 Å². The number of carbonyl (C=O) groups is 1. The van der Waals surface area contributed by atoms with Gasteiger partial charge in [-0.1, -0.05) is 18.5 Å². The summed E-state index contributed by atoms with van der Waals surface area (Å²) in [4.78, 5) is 19.3. The molecular formula is C21H29ClN6O. The lowest BCUT2D eigenvalue weighted by Gasteiger charge is -2.47. The molecule has 8 heteroatoms. The first kappa shape index (κ1) is 20.3. The van der Waals surface area contributed by atoms with Gasteiger partial charge in [-0.3, -0.25) is 4.79 Å². The minimum absolute atomic E-state index is 0.116. The Balaban J connectivity index is 1.49. The average Bonchev–Trinajstić information content (AvgIpc) is 3.21. The van der Waals surface area contributed by atoms with E-state index in [9.17, 15) is 4.79 Å². The topological polar surface area (TPSA) is 67.2 Å². The molecule has 1 aromatic heterocycles. The maximum absolute atomic E-state index is 13.4. The van der Waals surface area contributed by atoms with Crippen molar-refractivity contribution in [2.75, 3.05) is 33.2 Å². The molecule has 1 amide bonds. The molecule has 0 radical (unpaired) electrons. The number of hydrogen-bond donors (Lipinski definition) is 0. The third-order valence-electron chi connectivity index (χ3n) is 6.50. The predicted octanol–water partition coefficient (Wildman–Crippen LogP) is 3.28. The Labute approximate surface area is 177 Å². The Bertz CT molecular complexity index is 843. The number of tetrazole rings is 1. The average molecular weight is 417 g/mol. The van der Waals surface area contributed by atoms with Crippen molar-refractivity contribution < 1.29 is 4.79 Å². The number of nitrogens with zero attached hydrogens (tertiary/aromatic N) is 6. The van der Waals surface area contributed by atoms with Gasteiger partial charge in [0.25, 0.3) is 0 Å². The van der Waals surface area contributed by atoms with Crippen molar-refractivity contribution in [1.82, 2.24) is 30.0 Å². The molecule has 1 aromatic carbocycles. The number of halogens is 1. The molecule has 29 heavy (non-hydrogen) atoms. The molecule has 4 rings (SSSR count). The van der Waals surface area contributed by atoms with Crippen LogP contribution in [-0.2, 0) is 4.79 Å². The number of hydrogen-bond acceptors (Lipinski definition) is 5. The van der Waals surface area contributed by atoms with Crippen LogP contribution < -0.4 is 0 Å². The van der Waals surface area contributed by atoms with Crippen LogP contribution in [0.2, 0.25) is 5.02 Å². The van der Waals surface area contributed by atoms with Crippen LogP contribution in [0.15, 0.2) is 24.3 Å². The Morgan fingerprint density at radius 3 is 2.59 bits per heavy atom. The van der Waals surface area contributed by atoms with Crippen LogP contribution in [0.4, 0.5) is 0 Å². The summed E-state index contributed by atoms with van der Waals surface area (Å²) in [5.41, 5.74) is 1.12.